The average molecular weight is 499 g/mol. The van der Waals surface area contributed by atoms with Crippen molar-refractivity contribution in [2.24, 2.45) is 5.16 Å². The SMILES string of the molecule is CCCO/N=C(/COc1cccc(CC(OCC)C(=O)OCC)c1)c1cc(-c2ccc(F)cc2)no1. The molecule has 1 aromatic heterocycles. The number of nitrogens with zero attached hydrogens (tertiary/aromatic N) is 2. The third-order valence-corrected chi connectivity index (χ3v) is 5.02. The number of aromatic nitrogens is 1. The minimum Gasteiger partial charge on any atom is -0.487 e. The zero-order valence-corrected chi connectivity index (χ0v) is 20.7. The van der Waals surface area contributed by atoms with Gasteiger partial charge in [0.15, 0.2) is 17.6 Å². The molecule has 0 spiro atoms. The van der Waals surface area contributed by atoms with E-state index in [9.17, 15) is 9.18 Å². The van der Waals surface area contributed by atoms with Gasteiger partial charge in [0.25, 0.3) is 0 Å². The maximum absolute atomic E-state index is 13.3. The van der Waals surface area contributed by atoms with E-state index in [-0.39, 0.29) is 19.0 Å². The lowest BCUT2D eigenvalue weighted by Crippen LogP contribution is -2.29. The van der Waals surface area contributed by atoms with Gasteiger partial charge in [0.05, 0.1) is 6.61 Å². The molecule has 8 nitrogen and oxygen atoms in total. The van der Waals surface area contributed by atoms with Gasteiger partial charge in [0.2, 0.25) is 0 Å². The van der Waals surface area contributed by atoms with Crippen molar-refractivity contribution in [3.8, 4) is 17.0 Å². The molecule has 3 aromatic rings. The Kier molecular flexibility index (Phi) is 10.4. The summed E-state index contributed by atoms with van der Waals surface area (Å²) < 4.78 is 35.4. The molecule has 0 N–H and O–H groups in total. The number of halogens is 1. The summed E-state index contributed by atoms with van der Waals surface area (Å²) >= 11 is 0. The second-order valence-corrected chi connectivity index (χ2v) is 7.79. The van der Waals surface area contributed by atoms with Crippen molar-refractivity contribution in [3.63, 3.8) is 0 Å². The molecule has 1 heterocycles. The summed E-state index contributed by atoms with van der Waals surface area (Å²) in [6.45, 7) is 6.74. The van der Waals surface area contributed by atoms with E-state index < -0.39 is 12.1 Å². The van der Waals surface area contributed by atoms with E-state index >= 15 is 0 Å². The second kappa shape index (κ2) is 14.0. The Morgan fingerprint density at radius 3 is 2.61 bits per heavy atom. The molecule has 1 atom stereocenters. The highest BCUT2D eigenvalue weighted by atomic mass is 19.1. The monoisotopic (exact) mass is 498 g/mol. The van der Waals surface area contributed by atoms with Crippen molar-refractivity contribution in [1.29, 1.82) is 0 Å². The predicted molar refractivity (Wildman–Crippen MR) is 132 cm³/mol. The molecular weight excluding hydrogens is 467 g/mol. The van der Waals surface area contributed by atoms with Crippen LogP contribution in [-0.4, -0.2) is 49.4 Å². The van der Waals surface area contributed by atoms with E-state index in [1.165, 1.54) is 12.1 Å². The van der Waals surface area contributed by atoms with Crippen molar-refractivity contribution in [2.45, 2.75) is 39.7 Å². The van der Waals surface area contributed by atoms with Crippen LogP contribution in [0, 0.1) is 5.82 Å². The first-order chi connectivity index (χ1) is 17.5. The summed E-state index contributed by atoms with van der Waals surface area (Å²) in [4.78, 5) is 17.6. The summed E-state index contributed by atoms with van der Waals surface area (Å²) in [7, 11) is 0. The van der Waals surface area contributed by atoms with Crippen LogP contribution in [-0.2, 0) is 25.5 Å². The Balaban J connectivity index is 1.72. The summed E-state index contributed by atoms with van der Waals surface area (Å²) in [5.41, 5.74) is 2.52. The van der Waals surface area contributed by atoms with Crippen LogP contribution >= 0.6 is 0 Å². The Bertz CT molecular complexity index is 1130. The largest absolute Gasteiger partial charge is 0.487 e. The summed E-state index contributed by atoms with van der Waals surface area (Å²) in [6.07, 6.45) is 0.454. The van der Waals surface area contributed by atoms with E-state index in [0.29, 0.717) is 48.1 Å². The number of carbonyl (C=O) groups is 1. The zero-order chi connectivity index (χ0) is 25.8. The molecule has 0 amide bonds. The number of hydrogen-bond donors (Lipinski definition) is 0. The third-order valence-electron chi connectivity index (χ3n) is 5.02. The first-order valence-corrected chi connectivity index (χ1v) is 12.0. The van der Waals surface area contributed by atoms with Crippen LogP contribution < -0.4 is 4.74 Å². The number of rotatable bonds is 14. The molecule has 192 valence electrons. The molecule has 3 rings (SSSR count). The molecule has 36 heavy (non-hydrogen) atoms. The van der Waals surface area contributed by atoms with Crippen molar-refractivity contribution >= 4 is 11.7 Å². The van der Waals surface area contributed by atoms with Crippen molar-refractivity contribution in [3.05, 3.63) is 71.7 Å². The first kappa shape index (κ1) is 26.9. The van der Waals surface area contributed by atoms with Gasteiger partial charge >= 0.3 is 5.97 Å². The Hall–Kier alpha value is -3.72. The van der Waals surface area contributed by atoms with E-state index in [4.69, 9.17) is 23.6 Å². The fraction of sp³-hybridized carbons (Fsp3) is 0.370. The molecular formula is C27H31FN2O6. The number of hydrogen-bond acceptors (Lipinski definition) is 8. The Morgan fingerprint density at radius 2 is 1.89 bits per heavy atom. The number of oxime groups is 1. The lowest BCUT2D eigenvalue weighted by Gasteiger charge is -2.16. The number of ether oxygens (including phenoxy) is 3. The molecule has 0 fully saturated rings. The van der Waals surface area contributed by atoms with Gasteiger partial charge < -0.3 is 23.6 Å². The highest BCUT2D eigenvalue weighted by molar-refractivity contribution is 5.99. The molecule has 0 bridgehead atoms. The zero-order valence-electron chi connectivity index (χ0n) is 20.7. The van der Waals surface area contributed by atoms with Crippen LogP contribution in [0.25, 0.3) is 11.3 Å². The minimum absolute atomic E-state index is 0.0536. The normalized spacial score (nSPS) is 12.3. The van der Waals surface area contributed by atoms with Gasteiger partial charge in [0.1, 0.15) is 30.5 Å². The quantitative estimate of drug-likeness (QED) is 0.131. The molecule has 9 heteroatoms. The lowest BCUT2D eigenvalue weighted by atomic mass is 10.1. The molecule has 1 unspecified atom stereocenters. The third kappa shape index (κ3) is 7.91. The molecule has 2 aromatic carbocycles. The Morgan fingerprint density at radius 1 is 1.08 bits per heavy atom. The summed E-state index contributed by atoms with van der Waals surface area (Å²) in [6, 6.07) is 15.0. The van der Waals surface area contributed by atoms with Crippen molar-refractivity contribution in [2.75, 3.05) is 26.4 Å². The van der Waals surface area contributed by atoms with E-state index in [1.54, 1.807) is 31.2 Å². The van der Waals surface area contributed by atoms with Crippen LogP contribution in [0.1, 0.15) is 38.5 Å². The highest BCUT2D eigenvalue weighted by Crippen LogP contribution is 2.21. The fourth-order valence-electron chi connectivity index (χ4n) is 3.30. The number of esters is 1. The van der Waals surface area contributed by atoms with Gasteiger partial charge in [0, 0.05) is 24.7 Å². The highest BCUT2D eigenvalue weighted by Gasteiger charge is 2.21. The number of carbonyl (C=O) groups excluding carboxylic acids is 1. The van der Waals surface area contributed by atoms with Crippen LogP contribution in [0.3, 0.4) is 0 Å². The maximum atomic E-state index is 13.3. The Labute approximate surface area is 210 Å². The van der Waals surface area contributed by atoms with Gasteiger partial charge in [-0.1, -0.05) is 29.4 Å². The molecule has 0 aliphatic rings. The van der Waals surface area contributed by atoms with Crippen LogP contribution in [0.5, 0.6) is 5.75 Å². The first-order valence-electron chi connectivity index (χ1n) is 12.0. The second-order valence-electron chi connectivity index (χ2n) is 7.79. The van der Waals surface area contributed by atoms with E-state index in [2.05, 4.69) is 10.3 Å². The van der Waals surface area contributed by atoms with Gasteiger partial charge in [-0.2, -0.15) is 0 Å². The molecule has 0 saturated carbocycles. The van der Waals surface area contributed by atoms with E-state index in [0.717, 1.165) is 12.0 Å². The topological polar surface area (TPSA) is 92.4 Å². The standard InChI is InChI=1S/C27H31FN2O6/c1-4-14-35-29-24(25-17-23(30-36-25)20-10-12-21(28)13-11-20)18-34-22-9-7-8-19(15-22)16-26(32-5-2)27(31)33-6-3/h7-13,15,17,26H,4-6,14,16,18H2,1-3H3/b29-24-. The maximum Gasteiger partial charge on any atom is 0.335 e. The van der Waals surface area contributed by atoms with Gasteiger partial charge in [-0.15, -0.1) is 0 Å². The molecule has 0 aliphatic heterocycles. The predicted octanol–water partition coefficient (Wildman–Crippen LogP) is 5.20. The lowest BCUT2D eigenvalue weighted by molar-refractivity contribution is -0.156. The smallest absolute Gasteiger partial charge is 0.335 e. The van der Waals surface area contributed by atoms with Gasteiger partial charge in [-0.05, 0) is 62.2 Å². The summed E-state index contributed by atoms with van der Waals surface area (Å²) in [5, 5.41) is 8.24. The van der Waals surface area contributed by atoms with Gasteiger partial charge in [-0.25, -0.2) is 9.18 Å². The molecule has 0 saturated heterocycles. The fourth-order valence-corrected chi connectivity index (χ4v) is 3.30. The van der Waals surface area contributed by atoms with Crippen LogP contribution in [0.2, 0.25) is 0 Å². The molecule has 0 aliphatic carbocycles. The average Bonchev–Trinajstić information content (AvgIpc) is 3.37. The van der Waals surface area contributed by atoms with Crippen LogP contribution in [0.15, 0.2) is 64.3 Å². The van der Waals surface area contributed by atoms with Crippen LogP contribution in [0.4, 0.5) is 4.39 Å². The summed E-state index contributed by atoms with van der Waals surface area (Å²) in [5.74, 6) is 0.229. The van der Waals surface area contributed by atoms with Crippen molar-refractivity contribution < 1.29 is 32.8 Å². The van der Waals surface area contributed by atoms with Gasteiger partial charge in [-0.3, -0.25) is 0 Å². The van der Waals surface area contributed by atoms with E-state index in [1.807, 2.05) is 32.0 Å². The number of benzene rings is 2. The molecule has 0 radical (unpaired) electrons. The minimum atomic E-state index is -0.691. The van der Waals surface area contributed by atoms with Crippen molar-refractivity contribution in [1.82, 2.24) is 5.16 Å².